The van der Waals surface area contributed by atoms with Crippen LogP contribution in [0.2, 0.25) is 0 Å². The third kappa shape index (κ3) is 6.45. The first-order valence-corrected chi connectivity index (χ1v) is 11.6. The van der Waals surface area contributed by atoms with Crippen LogP contribution >= 0.6 is 12.4 Å². The van der Waals surface area contributed by atoms with Crippen molar-refractivity contribution in [1.29, 1.82) is 5.41 Å². The fourth-order valence-corrected chi connectivity index (χ4v) is 3.53. The molecule has 1 aromatic carbocycles. The molecule has 0 spiro atoms. The predicted octanol–water partition coefficient (Wildman–Crippen LogP) is 4.72. The number of ketones is 1. The zero-order valence-electron chi connectivity index (χ0n) is 20.9. The molecule has 8 nitrogen and oxygen atoms in total. The standard InChI is InChI=1S/C25H35N5O3.ClH/c1-7-20(8-2)33-23-11-10-22-27-29(24(26)30(22)28-23)15-21(31)18-12-17(16-32-9-3)13-19(14-18)25(4,5)6;/h10-14,20,26H,7-9,15-16H2,1-6H3;1H. The highest BCUT2D eigenvalue weighted by Crippen LogP contribution is 2.25. The molecule has 0 aliphatic rings. The molecule has 0 unspecified atom stereocenters. The van der Waals surface area contributed by atoms with Gasteiger partial charge in [0.1, 0.15) is 6.54 Å². The first-order valence-electron chi connectivity index (χ1n) is 11.6. The number of ether oxygens (including phenoxy) is 2. The van der Waals surface area contributed by atoms with Gasteiger partial charge in [-0.1, -0.05) is 40.7 Å². The van der Waals surface area contributed by atoms with E-state index in [2.05, 4.69) is 50.9 Å². The Balaban J connectivity index is 0.00000408. The summed E-state index contributed by atoms with van der Waals surface area (Å²) in [6, 6.07) is 9.39. The fourth-order valence-electron chi connectivity index (χ4n) is 3.53. The normalized spacial score (nSPS) is 11.6. The van der Waals surface area contributed by atoms with Gasteiger partial charge in [0.15, 0.2) is 11.4 Å². The monoisotopic (exact) mass is 489 g/mol. The Labute approximate surface area is 207 Å². The van der Waals surface area contributed by atoms with Gasteiger partial charge >= 0.3 is 0 Å². The molecular formula is C25H36ClN5O3. The molecule has 0 saturated carbocycles. The van der Waals surface area contributed by atoms with Crippen molar-refractivity contribution in [3.8, 4) is 5.88 Å². The topological polar surface area (TPSA) is 94.5 Å². The highest BCUT2D eigenvalue weighted by Gasteiger charge is 2.19. The van der Waals surface area contributed by atoms with E-state index in [-0.39, 0.29) is 41.9 Å². The number of nitrogens with zero attached hydrogens (tertiary/aromatic N) is 4. The molecule has 2 aromatic heterocycles. The maximum atomic E-state index is 13.2. The van der Waals surface area contributed by atoms with E-state index in [9.17, 15) is 4.79 Å². The molecule has 0 radical (unpaired) electrons. The molecule has 3 rings (SSSR count). The van der Waals surface area contributed by atoms with E-state index in [0.29, 0.717) is 30.3 Å². The minimum Gasteiger partial charge on any atom is -0.473 e. The van der Waals surface area contributed by atoms with Crippen molar-refractivity contribution in [2.75, 3.05) is 6.61 Å². The van der Waals surface area contributed by atoms with Crippen molar-refractivity contribution >= 4 is 23.8 Å². The Morgan fingerprint density at radius 2 is 1.79 bits per heavy atom. The van der Waals surface area contributed by atoms with Gasteiger partial charge < -0.3 is 9.47 Å². The zero-order chi connectivity index (χ0) is 24.2. The van der Waals surface area contributed by atoms with Crippen molar-refractivity contribution in [1.82, 2.24) is 19.4 Å². The first kappa shape index (κ1) is 27.5. The van der Waals surface area contributed by atoms with E-state index >= 15 is 0 Å². The van der Waals surface area contributed by atoms with Gasteiger partial charge in [-0.2, -0.15) is 4.52 Å². The highest BCUT2D eigenvalue weighted by atomic mass is 35.5. The Hall–Kier alpha value is -2.71. The van der Waals surface area contributed by atoms with Crippen LogP contribution in [0.25, 0.3) is 5.65 Å². The van der Waals surface area contributed by atoms with Crippen LogP contribution in [0.3, 0.4) is 0 Å². The summed E-state index contributed by atoms with van der Waals surface area (Å²) in [5.41, 5.74) is 3.03. The predicted molar refractivity (Wildman–Crippen MR) is 134 cm³/mol. The van der Waals surface area contributed by atoms with Crippen molar-refractivity contribution in [3.05, 3.63) is 52.6 Å². The average Bonchev–Trinajstić information content (AvgIpc) is 3.09. The summed E-state index contributed by atoms with van der Waals surface area (Å²) in [4.78, 5) is 13.2. The van der Waals surface area contributed by atoms with Crippen LogP contribution in [0.15, 0.2) is 30.3 Å². The summed E-state index contributed by atoms with van der Waals surface area (Å²) in [6.45, 7) is 13.4. The molecule has 3 aromatic rings. The smallest absolute Gasteiger partial charge is 0.242 e. The maximum absolute atomic E-state index is 13.2. The van der Waals surface area contributed by atoms with E-state index < -0.39 is 0 Å². The number of benzene rings is 1. The quantitative estimate of drug-likeness (QED) is 0.416. The number of hydrogen-bond donors (Lipinski definition) is 1. The van der Waals surface area contributed by atoms with E-state index in [1.165, 1.54) is 9.20 Å². The Morgan fingerprint density at radius 1 is 1.09 bits per heavy atom. The largest absolute Gasteiger partial charge is 0.473 e. The second-order valence-electron chi connectivity index (χ2n) is 9.21. The van der Waals surface area contributed by atoms with Crippen molar-refractivity contribution in [3.63, 3.8) is 0 Å². The molecule has 2 heterocycles. The maximum Gasteiger partial charge on any atom is 0.242 e. The number of rotatable bonds is 10. The van der Waals surface area contributed by atoms with E-state index in [1.807, 2.05) is 19.1 Å². The number of Topliss-reactive ketones (excluding diaryl/α,β-unsaturated/α-hetero) is 1. The van der Waals surface area contributed by atoms with Crippen molar-refractivity contribution < 1.29 is 14.3 Å². The number of carbonyl (C=O) groups excluding carboxylic acids is 1. The molecule has 1 N–H and O–H groups in total. The molecule has 0 amide bonds. The van der Waals surface area contributed by atoms with E-state index in [4.69, 9.17) is 14.9 Å². The third-order valence-electron chi connectivity index (χ3n) is 5.60. The second kappa shape index (κ2) is 11.6. The molecule has 0 bridgehead atoms. The van der Waals surface area contributed by atoms with Crippen molar-refractivity contribution in [2.24, 2.45) is 0 Å². The summed E-state index contributed by atoms with van der Waals surface area (Å²) < 4.78 is 14.2. The number of nitrogens with one attached hydrogen (secondary N) is 1. The van der Waals surface area contributed by atoms with Crippen LogP contribution in [0, 0.1) is 5.41 Å². The summed E-state index contributed by atoms with van der Waals surface area (Å²) >= 11 is 0. The second-order valence-corrected chi connectivity index (χ2v) is 9.21. The number of fused-ring (bicyclic) bond motifs is 1. The number of halogens is 1. The molecule has 0 saturated heterocycles. The first-order chi connectivity index (χ1) is 15.7. The van der Waals surface area contributed by atoms with E-state index in [1.54, 1.807) is 12.1 Å². The van der Waals surface area contributed by atoms with Crippen LogP contribution < -0.4 is 10.4 Å². The van der Waals surface area contributed by atoms with Crippen LogP contribution in [0.5, 0.6) is 5.88 Å². The van der Waals surface area contributed by atoms with Gasteiger partial charge in [-0.3, -0.25) is 10.2 Å². The minimum atomic E-state index is -0.116. The molecule has 0 aliphatic heterocycles. The lowest BCUT2D eigenvalue weighted by Crippen LogP contribution is -2.27. The summed E-state index contributed by atoms with van der Waals surface area (Å²) in [5.74, 6) is 0.327. The van der Waals surface area contributed by atoms with Gasteiger partial charge in [0.05, 0.1) is 12.7 Å². The number of hydrogen-bond acceptors (Lipinski definition) is 6. The van der Waals surface area contributed by atoms with Gasteiger partial charge in [-0.05, 0) is 54.5 Å². The Kier molecular flexibility index (Phi) is 9.41. The Morgan fingerprint density at radius 3 is 2.41 bits per heavy atom. The zero-order valence-corrected chi connectivity index (χ0v) is 21.7. The lowest BCUT2D eigenvalue weighted by atomic mass is 9.84. The summed E-state index contributed by atoms with van der Waals surface area (Å²) in [7, 11) is 0. The summed E-state index contributed by atoms with van der Waals surface area (Å²) in [5, 5.41) is 17.3. The van der Waals surface area contributed by atoms with Crippen LogP contribution in [-0.2, 0) is 23.3 Å². The van der Waals surface area contributed by atoms with Crippen LogP contribution in [0.4, 0.5) is 0 Å². The lowest BCUT2D eigenvalue weighted by molar-refractivity contribution is 0.0964. The SMILES string of the molecule is CCOCc1cc(C(=O)Cn2nc3ccc(OC(CC)CC)nn3c2=N)cc(C(C)(C)C)c1.Cl. The van der Waals surface area contributed by atoms with Crippen molar-refractivity contribution in [2.45, 2.75) is 79.1 Å². The van der Waals surface area contributed by atoms with Gasteiger partial charge in [-0.25, -0.2) is 4.68 Å². The number of carbonyl (C=O) groups is 1. The molecule has 0 atom stereocenters. The highest BCUT2D eigenvalue weighted by molar-refractivity contribution is 5.96. The van der Waals surface area contributed by atoms with E-state index in [0.717, 1.165) is 24.0 Å². The van der Waals surface area contributed by atoms with Gasteiger partial charge in [0, 0.05) is 18.2 Å². The van der Waals surface area contributed by atoms with Gasteiger partial charge in [0.2, 0.25) is 11.5 Å². The molecule has 0 aliphatic carbocycles. The van der Waals surface area contributed by atoms with Gasteiger partial charge in [0.25, 0.3) is 0 Å². The summed E-state index contributed by atoms with van der Waals surface area (Å²) in [6.07, 6.45) is 1.82. The third-order valence-corrected chi connectivity index (χ3v) is 5.60. The molecular weight excluding hydrogens is 454 g/mol. The minimum absolute atomic E-state index is 0. The lowest BCUT2D eigenvalue weighted by Gasteiger charge is -2.21. The number of aromatic nitrogens is 4. The molecule has 186 valence electrons. The average molecular weight is 490 g/mol. The Bertz CT molecular complexity index is 1180. The van der Waals surface area contributed by atoms with Crippen LogP contribution in [0.1, 0.15) is 75.9 Å². The molecule has 9 heteroatoms. The fraction of sp³-hybridized carbons (Fsp3) is 0.520. The molecule has 34 heavy (non-hydrogen) atoms. The van der Waals surface area contributed by atoms with Gasteiger partial charge in [-0.15, -0.1) is 22.6 Å². The van der Waals surface area contributed by atoms with Crippen LogP contribution in [-0.4, -0.2) is 37.9 Å². The molecule has 0 fully saturated rings.